The molecular formula is C22H25F2N7O2S. The first-order valence-corrected chi connectivity index (χ1v) is 11.8. The van der Waals surface area contributed by atoms with Gasteiger partial charge in [-0.1, -0.05) is 17.4 Å². The highest BCUT2D eigenvalue weighted by Gasteiger charge is 2.44. The van der Waals surface area contributed by atoms with Crippen molar-refractivity contribution in [3.63, 3.8) is 0 Å². The number of halogens is 2. The van der Waals surface area contributed by atoms with E-state index in [0.29, 0.717) is 31.2 Å². The Morgan fingerprint density at radius 2 is 2.09 bits per heavy atom. The summed E-state index contributed by atoms with van der Waals surface area (Å²) < 4.78 is 36.0. The van der Waals surface area contributed by atoms with Crippen LogP contribution in [0.2, 0.25) is 0 Å². The second-order valence-electron chi connectivity index (χ2n) is 8.74. The molecule has 2 aliphatic rings. The summed E-state index contributed by atoms with van der Waals surface area (Å²) in [5.41, 5.74) is 12.1. The number of aryl methyl sites for hydroxylation is 1. The number of amides is 1. The van der Waals surface area contributed by atoms with Crippen LogP contribution < -0.4 is 21.7 Å². The summed E-state index contributed by atoms with van der Waals surface area (Å²) >= 11 is 0.850. The van der Waals surface area contributed by atoms with E-state index in [-0.39, 0.29) is 32.9 Å². The number of nitrogens with zero attached hydrogens (tertiary/aromatic N) is 4. The van der Waals surface area contributed by atoms with Crippen molar-refractivity contribution >= 4 is 33.8 Å². The molecule has 3 aromatic rings. The predicted molar refractivity (Wildman–Crippen MR) is 126 cm³/mol. The lowest BCUT2D eigenvalue weighted by molar-refractivity contribution is -0.145. The molecule has 0 aliphatic carbocycles. The van der Waals surface area contributed by atoms with Gasteiger partial charge in [0.05, 0.1) is 24.0 Å². The number of nitrogens with one attached hydrogen (secondary N) is 1. The second kappa shape index (κ2) is 8.60. The fourth-order valence-corrected chi connectivity index (χ4v) is 5.51. The van der Waals surface area contributed by atoms with Gasteiger partial charge in [0.2, 0.25) is 0 Å². The summed E-state index contributed by atoms with van der Waals surface area (Å²) in [6.45, 7) is 2.03. The zero-order valence-electron chi connectivity index (χ0n) is 18.6. The van der Waals surface area contributed by atoms with Crippen molar-refractivity contribution in [3.8, 4) is 10.6 Å². The minimum atomic E-state index is -0.776. The van der Waals surface area contributed by atoms with E-state index in [4.69, 9.17) is 16.2 Å². The monoisotopic (exact) mass is 489 g/mol. The Kier molecular flexibility index (Phi) is 5.74. The quantitative estimate of drug-likeness (QED) is 0.515. The maximum absolute atomic E-state index is 14.2. The van der Waals surface area contributed by atoms with Gasteiger partial charge in [-0.3, -0.25) is 9.48 Å². The molecule has 2 unspecified atom stereocenters. The summed E-state index contributed by atoms with van der Waals surface area (Å²) in [7, 11) is 1.79. The lowest BCUT2D eigenvalue weighted by Crippen LogP contribution is -2.53. The number of nitrogen functional groups attached to an aromatic ring is 1. The highest BCUT2D eigenvalue weighted by Crippen LogP contribution is 2.38. The van der Waals surface area contributed by atoms with Crippen LogP contribution in [0.15, 0.2) is 24.4 Å². The Hall–Kier alpha value is -3.09. The summed E-state index contributed by atoms with van der Waals surface area (Å²) in [5, 5.41) is 7.19. The molecule has 12 heteroatoms. The van der Waals surface area contributed by atoms with Gasteiger partial charge >= 0.3 is 0 Å². The average Bonchev–Trinajstić information content (AvgIpc) is 3.25. The molecule has 1 amide bonds. The number of thiazole rings is 1. The molecule has 180 valence electrons. The van der Waals surface area contributed by atoms with Crippen molar-refractivity contribution in [3.05, 3.63) is 41.7 Å². The minimum Gasteiger partial charge on any atom is -0.389 e. The number of benzene rings is 1. The Morgan fingerprint density at radius 1 is 1.35 bits per heavy atom. The molecule has 2 atom stereocenters. The lowest BCUT2D eigenvalue weighted by Gasteiger charge is -2.44. The number of hydrogen-bond acceptors (Lipinski definition) is 8. The van der Waals surface area contributed by atoms with Gasteiger partial charge < -0.3 is 26.4 Å². The number of aromatic nitrogens is 3. The zero-order valence-corrected chi connectivity index (χ0v) is 19.4. The van der Waals surface area contributed by atoms with Crippen LogP contribution in [-0.2, 0) is 11.8 Å². The maximum Gasteiger partial charge on any atom is 0.277 e. The van der Waals surface area contributed by atoms with Crippen molar-refractivity contribution in [2.75, 3.05) is 35.6 Å². The number of ether oxygens (including phenoxy) is 1. The van der Waals surface area contributed by atoms with E-state index in [2.05, 4.69) is 20.3 Å². The molecule has 1 aromatic carbocycles. The number of anilines is 3. The van der Waals surface area contributed by atoms with E-state index in [0.717, 1.165) is 42.7 Å². The van der Waals surface area contributed by atoms with Crippen LogP contribution in [-0.4, -0.2) is 52.0 Å². The number of carbonyl (C=O) groups excluding carboxylic acids is 1. The van der Waals surface area contributed by atoms with Gasteiger partial charge in [-0.25, -0.2) is 13.8 Å². The normalized spacial score (nSPS) is 22.5. The van der Waals surface area contributed by atoms with E-state index in [1.807, 2.05) is 0 Å². The van der Waals surface area contributed by atoms with Crippen LogP contribution in [0.3, 0.4) is 0 Å². The minimum absolute atomic E-state index is 0.00441. The van der Waals surface area contributed by atoms with Crippen molar-refractivity contribution in [2.45, 2.75) is 30.9 Å². The van der Waals surface area contributed by atoms with Crippen LogP contribution in [0.4, 0.5) is 25.3 Å². The number of hydrogen-bond donors (Lipinski definition) is 3. The Bertz CT molecular complexity index is 1220. The number of nitrogens with two attached hydrogens (primary N) is 2. The zero-order chi connectivity index (χ0) is 24.0. The van der Waals surface area contributed by atoms with E-state index in [9.17, 15) is 13.6 Å². The third-order valence-electron chi connectivity index (χ3n) is 6.35. The van der Waals surface area contributed by atoms with Gasteiger partial charge in [0.1, 0.15) is 27.3 Å². The molecule has 1 spiro atoms. The van der Waals surface area contributed by atoms with E-state index >= 15 is 0 Å². The van der Waals surface area contributed by atoms with Crippen molar-refractivity contribution in [1.29, 1.82) is 0 Å². The number of carbonyl (C=O) groups is 1. The van der Waals surface area contributed by atoms with Crippen LogP contribution in [0, 0.1) is 11.6 Å². The molecule has 2 fully saturated rings. The van der Waals surface area contributed by atoms with Crippen LogP contribution in [0.25, 0.3) is 10.6 Å². The molecule has 0 radical (unpaired) electrons. The summed E-state index contributed by atoms with van der Waals surface area (Å²) in [6.07, 6.45) is 4.04. The highest BCUT2D eigenvalue weighted by molar-refractivity contribution is 7.19. The Morgan fingerprint density at radius 3 is 2.76 bits per heavy atom. The largest absolute Gasteiger partial charge is 0.389 e. The van der Waals surface area contributed by atoms with Crippen molar-refractivity contribution < 1.29 is 18.3 Å². The van der Waals surface area contributed by atoms with Crippen molar-refractivity contribution in [2.24, 2.45) is 12.8 Å². The molecule has 34 heavy (non-hydrogen) atoms. The number of rotatable bonds is 4. The molecular weight excluding hydrogens is 464 g/mol. The molecule has 5 N–H and O–H groups in total. The SMILES string of the molecule is Cn1ncc(NC(=O)c2nc(-c3c(F)cccc3F)sc2N)c1N1CCC(N)CC2(CCO2)C1. The average molecular weight is 490 g/mol. The van der Waals surface area contributed by atoms with Gasteiger partial charge in [0.15, 0.2) is 11.5 Å². The molecule has 4 heterocycles. The van der Waals surface area contributed by atoms with Crippen LogP contribution in [0.5, 0.6) is 0 Å². The summed E-state index contributed by atoms with van der Waals surface area (Å²) in [6, 6.07) is 3.55. The second-order valence-corrected chi connectivity index (χ2v) is 9.77. The molecule has 9 nitrogen and oxygen atoms in total. The molecule has 2 aliphatic heterocycles. The summed E-state index contributed by atoms with van der Waals surface area (Å²) in [5.74, 6) is -1.43. The molecule has 2 saturated heterocycles. The summed E-state index contributed by atoms with van der Waals surface area (Å²) in [4.78, 5) is 19.3. The van der Waals surface area contributed by atoms with Gasteiger partial charge in [-0.15, -0.1) is 0 Å². The smallest absolute Gasteiger partial charge is 0.277 e. The van der Waals surface area contributed by atoms with E-state index in [1.165, 1.54) is 6.07 Å². The lowest BCUT2D eigenvalue weighted by atomic mass is 9.88. The highest BCUT2D eigenvalue weighted by atomic mass is 32.1. The molecule has 0 bridgehead atoms. The maximum atomic E-state index is 14.2. The van der Waals surface area contributed by atoms with E-state index in [1.54, 1.807) is 17.9 Å². The third-order valence-corrected chi connectivity index (χ3v) is 7.25. The third kappa shape index (κ3) is 4.01. The van der Waals surface area contributed by atoms with Crippen LogP contribution >= 0.6 is 11.3 Å². The van der Waals surface area contributed by atoms with Crippen LogP contribution in [0.1, 0.15) is 29.8 Å². The Labute approximate surface area is 198 Å². The van der Waals surface area contributed by atoms with Gasteiger partial charge in [0, 0.05) is 32.6 Å². The molecule has 0 saturated carbocycles. The van der Waals surface area contributed by atoms with E-state index < -0.39 is 17.5 Å². The first-order valence-electron chi connectivity index (χ1n) is 10.9. The van der Waals surface area contributed by atoms with Gasteiger partial charge in [0.25, 0.3) is 5.91 Å². The Balaban J connectivity index is 1.41. The fraction of sp³-hybridized carbons (Fsp3) is 0.409. The fourth-order valence-electron chi connectivity index (χ4n) is 4.63. The van der Waals surface area contributed by atoms with Crippen molar-refractivity contribution in [1.82, 2.24) is 14.8 Å². The first-order chi connectivity index (χ1) is 16.3. The first kappa shape index (κ1) is 22.7. The van der Waals surface area contributed by atoms with Gasteiger partial charge in [-0.05, 0) is 25.0 Å². The standard InChI is InChI=1S/C22H25F2N7O2S/c1-30-21(31-7-5-12(25)9-22(11-31)6-8-33-22)15(10-27-30)28-19(32)17-18(26)34-20(29-17)16-13(23)3-2-4-14(16)24/h2-4,10,12H,5-9,11,25-26H2,1H3,(H,28,32). The molecule has 2 aromatic heterocycles. The topological polar surface area (TPSA) is 124 Å². The predicted octanol–water partition coefficient (Wildman–Crippen LogP) is 2.74. The molecule has 5 rings (SSSR count). The van der Waals surface area contributed by atoms with Gasteiger partial charge in [-0.2, -0.15) is 5.10 Å².